The lowest BCUT2D eigenvalue weighted by Gasteiger charge is -2.11. The summed E-state index contributed by atoms with van der Waals surface area (Å²) in [6, 6.07) is 9.76. The van der Waals surface area contributed by atoms with Crippen LogP contribution in [0.2, 0.25) is 0 Å². The minimum Gasteiger partial charge on any atom is -0.488 e. The lowest BCUT2D eigenvalue weighted by Crippen LogP contribution is -2.35. The predicted octanol–water partition coefficient (Wildman–Crippen LogP) is 2.32. The van der Waals surface area contributed by atoms with E-state index in [1.54, 1.807) is 62.0 Å². The Hall–Kier alpha value is -3.88. The molecule has 3 rings (SSSR count). The molecule has 2 aromatic heterocycles. The number of rotatable bonds is 7. The maximum Gasteiger partial charge on any atom is 0.342 e. The molecule has 2 amide bonds. The van der Waals surface area contributed by atoms with Crippen LogP contribution < -0.4 is 10.1 Å². The van der Waals surface area contributed by atoms with Gasteiger partial charge < -0.3 is 18.6 Å². The van der Waals surface area contributed by atoms with Crippen LogP contribution in [0.15, 0.2) is 47.1 Å². The zero-order chi connectivity index (χ0) is 21.7. The van der Waals surface area contributed by atoms with Crippen LogP contribution >= 0.6 is 0 Å². The number of ether oxygens (including phenoxy) is 2. The molecule has 0 aliphatic heterocycles. The van der Waals surface area contributed by atoms with Crippen LogP contribution in [0.5, 0.6) is 5.75 Å². The topological polar surface area (TPSA) is 113 Å². The number of nitrogens with one attached hydrogen (secondary N) is 1. The van der Waals surface area contributed by atoms with Crippen molar-refractivity contribution in [1.29, 1.82) is 0 Å². The van der Waals surface area contributed by atoms with Crippen molar-refractivity contribution in [2.75, 3.05) is 6.61 Å². The van der Waals surface area contributed by atoms with Gasteiger partial charge in [-0.1, -0.05) is 17.3 Å². The fraction of sp³-hybridized carbons (Fsp3) is 0.238. The van der Waals surface area contributed by atoms with Gasteiger partial charge in [0.25, 0.3) is 11.8 Å². The highest BCUT2D eigenvalue weighted by Crippen LogP contribution is 2.22. The lowest BCUT2D eigenvalue weighted by atomic mass is 10.2. The number of nitrogens with zero attached hydrogens (tertiary/aromatic N) is 2. The van der Waals surface area contributed by atoms with Crippen molar-refractivity contribution in [2.24, 2.45) is 7.05 Å². The molecule has 0 spiro atoms. The fourth-order valence-corrected chi connectivity index (χ4v) is 2.75. The Labute approximate surface area is 172 Å². The third-order valence-corrected chi connectivity index (χ3v) is 4.42. The number of imide groups is 1. The Morgan fingerprint density at radius 2 is 1.90 bits per heavy atom. The first-order chi connectivity index (χ1) is 14.4. The van der Waals surface area contributed by atoms with E-state index in [9.17, 15) is 14.4 Å². The molecule has 156 valence electrons. The van der Waals surface area contributed by atoms with Gasteiger partial charge in [0.2, 0.25) is 0 Å². The Morgan fingerprint density at radius 3 is 2.57 bits per heavy atom. The summed E-state index contributed by atoms with van der Waals surface area (Å²) in [5, 5.41) is 6.04. The summed E-state index contributed by atoms with van der Waals surface area (Å²) >= 11 is 0. The van der Waals surface area contributed by atoms with Crippen LogP contribution in [0.4, 0.5) is 0 Å². The minimum atomic E-state index is -0.745. The summed E-state index contributed by atoms with van der Waals surface area (Å²) in [5.41, 5.74) is 1.96. The molecule has 0 fully saturated rings. The monoisotopic (exact) mass is 411 g/mol. The van der Waals surface area contributed by atoms with E-state index in [1.807, 2.05) is 0 Å². The summed E-state index contributed by atoms with van der Waals surface area (Å²) in [6.07, 6.45) is 1.68. The van der Waals surface area contributed by atoms with Crippen molar-refractivity contribution in [3.8, 4) is 5.75 Å². The number of hydrogen-bond acceptors (Lipinski definition) is 7. The highest BCUT2D eigenvalue weighted by atomic mass is 16.5. The summed E-state index contributed by atoms with van der Waals surface area (Å²) in [7, 11) is 1.68. The van der Waals surface area contributed by atoms with Gasteiger partial charge in [0.1, 0.15) is 29.4 Å². The molecule has 0 radical (unpaired) electrons. The van der Waals surface area contributed by atoms with Crippen molar-refractivity contribution >= 4 is 17.8 Å². The second kappa shape index (κ2) is 9.08. The van der Waals surface area contributed by atoms with Crippen LogP contribution in [0.25, 0.3) is 0 Å². The van der Waals surface area contributed by atoms with E-state index >= 15 is 0 Å². The number of aromatic nitrogens is 2. The summed E-state index contributed by atoms with van der Waals surface area (Å²) in [6.45, 7) is 3.13. The number of amides is 2. The fourth-order valence-electron chi connectivity index (χ4n) is 2.75. The molecule has 0 saturated heterocycles. The molecule has 9 heteroatoms. The van der Waals surface area contributed by atoms with Gasteiger partial charge in [-0.2, -0.15) is 0 Å². The Kier molecular flexibility index (Phi) is 6.31. The Balaban J connectivity index is 1.58. The summed E-state index contributed by atoms with van der Waals surface area (Å²) in [5.74, 6) is -1.13. The van der Waals surface area contributed by atoms with Gasteiger partial charge in [0, 0.05) is 13.2 Å². The standard InChI is InChI=1S/C21H21N3O6/c1-13-16(14(2)30-23-13)11-28-18-9-5-4-7-15(18)21(27)29-12-19(25)22-20(26)17-8-6-10-24(17)3/h4-10H,11-12H2,1-3H3,(H,22,25,26). The smallest absolute Gasteiger partial charge is 0.342 e. The Bertz CT molecular complexity index is 1060. The number of esters is 1. The van der Waals surface area contributed by atoms with Crippen LogP contribution in [0.1, 0.15) is 37.9 Å². The van der Waals surface area contributed by atoms with E-state index in [2.05, 4.69) is 10.5 Å². The molecule has 9 nitrogen and oxygen atoms in total. The largest absolute Gasteiger partial charge is 0.488 e. The first-order valence-electron chi connectivity index (χ1n) is 9.13. The van der Waals surface area contributed by atoms with Crippen molar-refractivity contribution in [3.05, 3.63) is 70.9 Å². The van der Waals surface area contributed by atoms with Gasteiger partial charge in [-0.25, -0.2) is 4.79 Å². The van der Waals surface area contributed by atoms with Gasteiger partial charge in [0.15, 0.2) is 6.61 Å². The molecule has 0 bridgehead atoms. The number of para-hydroxylation sites is 1. The summed E-state index contributed by atoms with van der Waals surface area (Å²) in [4.78, 5) is 36.4. The minimum absolute atomic E-state index is 0.158. The molecule has 2 heterocycles. The van der Waals surface area contributed by atoms with Crippen LogP contribution in [0, 0.1) is 13.8 Å². The van der Waals surface area contributed by atoms with E-state index in [4.69, 9.17) is 14.0 Å². The molecule has 0 aliphatic carbocycles. The Morgan fingerprint density at radius 1 is 1.13 bits per heavy atom. The SMILES string of the molecule is Cc1noc(C)c1COc1ccccc1C(=O)OCC(=O)NC(=O)c1cccn1C. The maximum absolute atomic E-state index is 12.4. The molecule has 0 atom stereocenters. The zero-order valence-electron chi connectivity index (χ0n) is 16.8. The molecule has 0 saturated carbocycles. The number of aryl methyl sites for hydroxylation is 3. The first-order valence-corrected chi connectivity index (χ1v) is 9.13. The zero-order valence-corrected chi connectivity index (χ0v) is 16.8. The van der Waals surface area contributed by atoms with E-state index in [0.717, 1.165) is 5.56 Å². The number of hydrogen-bond donors (Lipinski definition) is 1. The van der Waals surface area contributed by atoms with Crippen LogP contribution in [0.3, 0.4) is 0 Å². The van der Waals surface area contributed by atoms with Crippen LogP contribution in [-0.2, 0) is 23.2 Å². The molecular weight excluding hydrogens is 390 g/mol. The molecule has 0 unspecified atom stereocenters. The summed E-state index contributed by atoms with van der Waals surface area (Å²) < 4.78 is 17.4. The van der Waals surface area contributed by atoms with Crippen molar-refractivity contribution < 1.29 is 28.4 Å². The number of carbonyl (C=O) groups excluding carboxylic acids is 3. The molecule has 1 N–H and O–H groups in total. The number of benzene rings is 1. The molecule has 3 aromatic rings. The third-order valence-electron chi connectivity index (χ3n) is 4.42. The van der Waals surface area contributed by atoms with Gasteiger partial charge in [0.05, 0.1) is 11.3 Å². The maximum atomic E-state index is 12.4. The van der Waals surface area contributed by atoms with Crippen LogP contribution in [-0.4, -0.2) is 34.1 Å². The van der Waals surface area contributed by atoms with Gasteiger partial charge in [-0.05, 0) is 38.1 Å². The third kappa shape index (κ3) is 4.75. The molecule has 30 heavy (non-hydrogen) atoms. The quantitative estimate of drug-likeness (QED) is 0.594. The second-order valence-electron chi connectivity index (χ2n) is 6.55. The predicted molar refractivity (Wildman–Crippen MR) is 105 cm³/mol. The second-order valence-corrected chi connectivity index (χ2v) is 6.55. The van der Waals surface area contributed by atoms with E-state index in [-0.39, 0.29) is 12.2 Å². The molecular formula is C21H21N3O6. The lowest BCUT2D eigenvalue weighted by molar-refractivity contribution is -0.123. The molecule has 0 aliphatic rings. The average molecular weight is 411 g/mol. The molecule has 1 aromatic carbocycles. The van der Waals surface area contributed by atoms with Crippen molar-refractivity contribution in [3.63, 3.8) is 0 Å². The van der Waals surface area contributed by atoms with Crippen molar-refractivity contribution in [1.82, 2.24) is 15.0 Å². The highest BCUT2D eigenvalue weighted by Gasteiger charge is 2.18. The van der Waals surface area contributed by atoms with Gasteiger partial charge in [-0.3, -0.25) is 14.9 Å². The normalized spacial score (nSPS) is 10.5. The van der Waals surface area contributed by atoms with E-state index in [0.29, 0.717) is 22.9 Å². The van der Waals surface area contributed by atoms with Crippen molar-refractivity contribution in [2.45, 2.75) is 20.5 Å². The first kappa shape index (κ1) is 20.8. The van der Waals surface area contributed by atoms with Gasteiger partial charge >= 0.3 is 5.97 Å². The van der Waals surface area contributed by atoms with Gasteiger partial charge in [-0.15, -0.1) is 0 Å². The average Bonchev–Trinajstić information content (AvgIpc) is 3.30. The van der Waals surface area contributed by atoms with E-state index < -0.39 is 24.4 Å². The number of carbonyl (C=O) groups is 3. The highest BCUT2D eigenvalue weighted by molar-refractivity contribution is 6.04. The van der Waals surface area contributed by atoms with E-state index in [1.165, 1.54) is 6.07 Å².